The number of nitrogens with zero attached hydrogens (tertiary/aromatic N) is 1. The van der Waals surface area contributed by atoms with Gasteiger partial charge in [0.25, 0.3) is 0 Å². The number of hydrogen-bond donors (Lipinski definition) is 0. The zero-order valence-corrected chi connectivity index (χ0v) is 17.1. The molecule has 0 aliphatic rings. The van der Waals surface area contributed by atoms with Crippen LogP contribution >= 0.6 is 22.9 Å². The molecule has 0 unspecified atom stereocenters. The molecule has 0 amide bonds. The molecule has 7 rings (SSSR count). The first-order valence-electron chi connectivity index (χ1n) is 9.58. The standard InChI is InChI=1S/C25H12ClNO2S/c26-17-12-21-23(22-15-6-2-4-8-19(15)29-24(17)22)27-25(30-21)13-9-10-20-16(11-13)14-5-1-3-7-18(14)28-20/h1-12H. The lowest BCUT2D eigenvalue weighted by atomic mass is 10.1. The summed E-state index contributed by atoms with van der Waals surface area (Å²) in [6.07, 6.45) is 0. The second-order valence-electron chi connectivity index (χ2n) is 7.34. The molecule has 0 bridgehead atoms. The topological polar surface area (TPSA) is 39.2 Å². The van der Waals surface area contributed by atoms with Crippen molar-refractivity contribution in [1.29, 1.82) is 0 Å². The number of rotatable bonds is 1. The Balaban J connectivity index is 1.53. The first-order chi connectivity index (χ1) is 14.8. The van der Waals surface area contributed by atoms with Crippen LogP contribution in [0.2, 0.25) is 5.02 Å². The maximum atomic E-state index is 6.56. The van der Waals surface area contributed by atoms with Gasteiger partial charge >= 0.3 is 0 Å². The second-order valence-corrected chi connectivity index (χ2v) is 8.77. The van der Waals surface area contributed by atoms with E-state index in [0.29, 0.717) is 10.6 Å². The van der Waals surface area contributed by atoms with E-state index in [2.05, 4.69) is 24.3 Å². The smallest absolute Gasteiger partial charge is 0.156 e. The summed E-state index contributed by atoms with van der Waals surface area (Å²) in [7, 11) is 0. The van der Waals surface area contributed by atoms with Gasteiger partial charge in [0.05, 0.1) is 20.6 Å². The van der Waals surface area contributed by atoms with Crippen molar-refractivity contribution >= 4 is 77.0 Å². The third-order valence-corrected chi connectivity index (χ3v) is 6.92. The molecule has 3 heterocycles. The summed E-state index contributed by atoms with van der Waals surface area (Å²) in [5.41, 5.74) is 5.28. The molecular weight excluding hydrogens is 414 g/mol. The first-order valence-corrected chi connectivity index (χ1v) is 10.8. The number of furan rings is 2. The maximum Gasteiger partial charge on any atom is 0.156 e. The van der Waals surface area contributed by atoms with Gasteiger partial charge in [-0.05, 0) is 36.4 Å². The molecule has 30 heavy (non-hydrogen) atoms. The molecule has 142 valence electrons. The Labute approximate surface area is 179 Å². The molecule has 0 fully saturated rings. The summed E-state index contributed by atoms with van der Waals surface area (Å²) >= 11 is 8.20. The van der Waals surface area contributed by atoms with E-state index in [9.17, 15) is 0 Å². The van der Waals surface area contributed by atoms with Crippen molar-refractivity contribution in [2.45, 2.75) is 0 Å². The Morgan fingerprint density at radius 2 is 1.47 bits per heavy atom. The number of hydrogen-bond acceptors (Lipinski definition) is 4. The summed E-state index contributed by atoms with van der Waals surface area (Å²) in [4.78, 5) is 5.02. The summed E-state index contributed by atoms with van der Waals surface area (Å²) in [5.74, 6) is 0. The average molecular weight is 426 g/mol. The van der Waals surface area contributed by atoms with E-state index in [1.807, 2.05) is 48.5 Å². The largest absolute Gasteiger partial charge is 0.456 e. The first kappa shape index (κ1) is 16.5. The molecule has 3 nitrogen and oxygen atoms in total. The molecule has 0 atom stereocenters. The Hall–Kier alpha value is -3.34. The molecule has 3 aromatic heterocycles. The third-order valence-electron chi connectivity index (χ3n) is 5.58. The van der Waals surface area contributed by atoms with Crippen LogP contribution in [-0.2, 0) is 0 Å². The molecule has 4 aromatic carbocycles. The zero-order chi connectivity index (χ0) is 19.8. The van der Waals surface area contributed by atoms with Gasteiger partial charge in [-0.2, -0.15) is 0 Å². The minimum atomic E-state index is 0.611. The lowest BCUT2D eigenvalue weighted by Gasteiger charge is -1.96. The van der Waals surface area contributed by atoms with Gasteiger partial charge in [0.15, 0.2) is 5.58 Å². The summed E-state index contributed by atoms with van der Waals surface area (Å²) in [5, 5.41) is 5.78. The van der Waals surface area contributed by atoms with Crippen LogP contribution in [0.25, 0.3) is 64.7 Å². The van der Waals surface area contributed by atoms with Gasteiger partial charge < -0.3 is 8.83 Å². The SMILES string of the molecule is Clc1cc2sc(-c3ccc4oc5ccccc5c4c3)nc2c2c1oc1ccccc12. The van der Waals surface area contributed by atoms with Crippen LogP contribution in [0, 0.1) is 0 Å². The number of halogens is 1. The van der Waals surface area contributed by atoms with Crippen molar-refractivity contribution in [3.05, 3.63) is 77.8 Å². The van der Waals surface area contributed by atoms with Crippen LogP contribution in [0.5, 0.6) is 0 Å². The average Bonchev–Trinajstić information content (AvgIpc) is 3.46. The van der Waals surface area contributed by atoms with Crippen LogP contribution < -0.4 is 0 Å². The minimum Gasteiger partial charge on any atom is -0.456 e. The van der Waals surface area contributed by atoms with Crippen molar-refractivity contribution in [3.8, 4) is 10.6 Å². The van der Waals surface area contributed by atoms with Crippen LogP contribution in [0.1, 0.15) is 0 Å². The summed E-state index contributed by atoms with van der Waals surface area (Å²) in [6.45, 7) is 0. The number of benzene rings is 4. The third kappa shape index (κ3) is 2.18. The lowest BCUT2D eigenvalue weighted by Crippen LogP contribution is -1.77. The highest BCUT2D eigenvalue weighted by molar-refractivity contribution is 7.21. The van der Waals surface area contributed by atoms with Gasteiger partial charge in [0.1, 0.15) is 21.8 Å². The van der Waals surface area contributed by atoms with Crippen molar-refractivity contribution in [2.24, 2.45) is 0 Å². The van der Waals surface area contributed by atoms with E-state index >= 15 is 0 Å². The Bertz CT molecular complexity index is 1770. The van der Waals surface area contributed by atoms with Gasteiger partial charge in [0.2, 0.25) is 0 Å². The van der Waals surface area contributed by atoms with Gasteiger partial charge in [0, 0.05) is 21.7 Å². The fourth-order valence-corrected chi connectivity index (χ4v) is 5.54. The molecule has 0 radical (unpaired) electrons. The van der Waals surface area contributed by atoms with Crippen LogP contribution in [-0.4, -0.2) is 4.98 Å². The van der Waals surface area contributed by atoms with Crippen molar-refractivity contribution in [3.63, 3.8) is 0 Å². The second kappa shape index (κ2) is 5.85. The fraction of sp³-hybridized carbons (Fsp3) is 0. The van der Waals surface area contributed by atoms with Crippen molar-refractivity contribution < 1.29 is 8.83 Å². The quantitative estimate of drug-likeness (QED) is 0.265. The number of aromatic nitrogens is 1. The minimum absolute atomic E-state index is 0.611. The predicted molar refractivity (Wildman–Crippen MR) is 125 cm³/mol. The maximum absolute atomic E-state index is 6.56. The monoisotopic (exact) mass is 425 g/mol. The van der Waals surface area contributed by atoms with E-state index < -0.39 is 0 Å². The van der Waals surface area contributed by atoms with E-state index in [4.69, 9.17) is 25.4 Å². The predicted octanol–water partition coefficient (Wildman–Crippen LogP) is 8.42. The molecule has 0 saturated heterocycles. The number of fused-ring (bicyclic) bond motifs is 8. The molecule has 0 spiro atoms. The van der Waals surface area contributed by atoms with Crippen LogP contribution in [0.3, 0.4) is 0 Å². The molecule has 0 aliphatic carbocycles. The van der Waals surface area contributed by atoms with E-state index in [0.717, 1.165) is 59.1 Å². The molecule has 0 saturated carbocycles. The van der Waals surface area contributed by atoms with Crippen LogP contribution in [0.15, 0.2) is 81.6 Å². The summed E-state index contributed by atoms with van der Waals surface area (Å²) in [6, 6.07) is 24.3. The zero-order valence-electron chi connectivity index (χ0n) is 15.5. The van der Waals surface area contributed by atoms with E-state index in [1.165, 1.54) is 0 Å². The Morgan fingerprint density at radius 3 is 2.33 bits per heavy atom. The van der Waals surface area contributed by atoms with Crippen molar-refractivity contribution in [2.75, 3.05) is 0 Å². The Kier molecular flexibility index (Phi) is 3.21. The molecule has 5 heteroatoms. The van der Waals surface area contributed by atoms with Crippen molar-refractivity contribution in [1.82, 2.24) is 4.98 Å². The molecule has 0 aliphatic heterocycles. The lowest BCUT2D eigenvalue weighted by molar-refractivity contribution is 0.669. The van der Waals surface area contributed by atoms with Gasteiger partial charge in [-0.15, -0.1) is 11.3 Å². The highest BCUT2D eigenvalue weighted by atomic mass is 35.5. The van der Waals surface area contributed by atoms with Gasteiger partial charge in [-0.3, -0.25) is 0 Å². The van der Waals surface area contributed by atoms with Gasteiger partial charge in [-0.1, -0.05) is 48.0 Å². The molecular formula is C25H12ClNO2S. The molecule has 7 aromatic rings. The highest BCUT2D eigenvalue weighted by Crippen LogP contribution is 2.42. The normalized spacial score (nSPS) is 12.2. The Morgan fingerprint density at radius 1 is 0.733 bits per heavy atom. The van der Waals surface area contributed by atoms with E-state index in [-0.39, 0.29) is 0 Å². The molecule has 0 N–H and O–H groups in total. The number of para-hydroxylation sites is 2. The van der Waals surface area contributed by atoms with E-state index in [1.54, 1.807) is 11.3 Å². The summed E-state index contributed by atoms with van der Waals surface area (Å²) < 4.78 is 13.0. The fourth-order valence-electron chi connectivity index (χ4n) is 4.22. The van der Waals surface area contributed by atoms with Gasteiger partial charge in [-0.25, -0.2) is 4.98 Å². The van der Waals surface area contributed by atoms with Crippen LogP contribution in [0.4, 0.5) is 0 Å². The number of thiazole rings is 1. The highest BCUT2D eigenvalue weighted by Gasteiger charge is 2.18.